The molecule has 0 fully saturated rings. The van der Waals surface area contributed by atoms with E-state index in [4.69, 9.17) is 9.97 Å². The van der Waals surface area contributed by atoms with Crippen LogP contribution < -0.4 is 15.1 Å². The van der Waals surface area contributed by atoms with Gasteiger partial charge in [0, 0.05) is 42.9 Å². The van der Waals surface area contributed by atoms with E-state index in [0.29, 0.717) is 23.0 Å². The third-order valence-electron chi connectivity index (χ3n) is 5.86. The van der Waals surface area contributed by atoms with Gasteiger partial charge in [0.25, 0.3) is 0 Å². The summed E-state index contributed by atoms with van der Waals surface area (Å²) in [7, 11) is 1.84. The average Bonchev–Trinajstić information content (AvgIpc) is 2.97. The highest BCUT2D eigenvalue weighted by molar-refractivity contribution is 6.06. The van der Waals surface area contributed by atoms with Crippen LogP contribution in [0.25, 0.3) is 22.3 Å². The molecule has 2 aromatic carbocycles. The highest BCUT2D eigenvalue weighted by Gasteiger charge is 2.30. The van der Waals surface area contributed by atoms with E-state index >= 15 is 0 Å². The van der Waals surface area contributed by atoms with E-state index in [1.807, 2.05) is 79.5 Å². The molecule has 1 N–H and O–H groups in total. The molecule has 170 valence electrons. The van der Waals surface area contributed by atoms with Gasteiger partial charge in [-0.2, -0.15) is 0 Å². The molecule has 2 amide bonds. The number of hydrogen-bond donors (Lipinski definition) is 1. The summed E-state index contributed by atoms with van der Waals surface area (Å²) in [4.78, 5) is 43.1. The molecule has 0 radical (unpaired) electrons. The second kappa shape index (κ2) is 8.90. The lowest BCUT2D eigenvalue weighted by Crippen LogP contribution is -2.44. The van der Waals surface area contributed by atoms with Crippen LogP contribution in [-0.4, -0.2) is 46.4 Å². The molecule has 0 bridgehead atoms. The van der Waals surface area contributed by atoms with E-state index < -0.39 is 0 Å². The van der Waals surface area contributed by atoms with E-state index in [2.05, 4.69) is 10.3 Å². The normalized spacial score (nSPS) is 15.4. The van der Waals surface area contributed by atoms with Crippen molar-refractivity contribution in [3.05, 3.63) is 73.1 Å². The molecule has 0 aliphatic carbocycles. The van der Waals surface area contributed by atoms with E-state index in [0.717, 1.165) is 16.5 Å². The number of fused-ring (bicyclic) bond motifs is 2. The first-order valence-electron chi connectivity index (χ1n) is 11.1. The fourth-order valence-electron chi connectivity index (χ4n) is 4.30. The number of nitrogens with zero attached hydrogens (tertiary/aromatic N) is 5. The Kier molecular flexibility index (Phi) is 5.63. The molecule has 8 heteroatoms. The van der Waals surface area contributed by atoms with Crippen molar-refractivity contribution in [3.63, 3.8) is 0 Å². The summed E-state index contributed by atoms with van der Waals surface area (Å²) in [5.41, 5.74) is 2.92. The first-order chi connectivity index (χ1) is 16.5. The quantitative estimate of drug-likeness (QED) is 0.505. The van der Waals surface area contributed by atoms with Crippen molar-refractivity contribution in [3.8, 4) is 11.4 Å². The fourth-order valence-corrected chi connectivity index (χ4v) is 4.30. The summed E-state index contributed by atoms with van der Waals surface area (Å²) in [6, 6.07) is 18.6. The maximum absolute atomic E-state index is 13.6. The predicted octanol–water partition coefficient (Wildman–Crippen LogP) is 3.89. The number of aromatic nitrogens is 3. The van der Waals surface area contributed by atoms with Crippen LogP contribution in [0.5, 0.6) is 0 Å². The molecule has 8 nitrogen and oxygen atoms in total. The number of hydrogen-bond acceptors (Lipinski definition) is 6. The molecule has 34 heavy (non-hydrogen) atoms. The summed E-state index contributed by atoms with van der Waals surface area (Å²) >= 11 is 0. The first kappa shape index (κ1) is 21.5. The Balaban J connectivity index is 1.51. The fraction of sp³-hybridized carbons (Fsp3) is 0.192. The highest BCUT2D eigenvalue weighted by Crippen LogP contribution is 2.32. The van der Waals surface area contributed by atoms with E-state index in [1.165, 1.54) is 0 Å². The van der Waals surface area contributed by atoms with Gasteiger partial charge in [0.05, 0.1) is 23.4 Å². The van der Waals surface area contributed by atoms with Gasteiger partial charge in [0.15, 0.2) is 5.82 Å². The van der Waals surface area contributed by atoms with Gasteiger partial charge in [0.2, 0.25) is 11.8 Å². The molecule has 0 saturated carbocycles. The summed E-state index contributed by atoms with van der Waals surface area (Å²) in [5.74, 6) is 0.975. The maximum Gasteiger partial charge on any atom is 0.246 e. The number of carbonyl (C=O) groups excluding carboxylic acids is 2. The first-order valence-corrected chi connectivity index (χ1v) is 11.1. The minimum Gasteiger partial charge on any atom is -0.350 e. The van der Waals surface area contributed by atoms with Crippen molar-refractivity contribution >= 4 is 39.9 Å². The van der Waals surface area contributed by atoms with Gasteiger partial charge in [-0.3, -0.25) is 14.6 Å². The smallest absolute Gasteiger partial charge is 0.246 e. The largest absolute Gasteiger partial charge is 0.350 e. The van der Waals surface area contributed by atoms with E-state index in [1.54, 1.807) is 17.3 Å². The number of anilines is 3. The van der Waals surface area contributed by atoms with Gasteiger partial charge in [-0.1, -0.05) is 24.3 Å². The molecule has 2 aromatic heterocycles. The van der Waals surface area contributed by atoms with Crippen LogP contribution in [0.2, 0.25) is 0 Å². The second-order valence-electron chi connectivity index (χ2n) is 8.37. The molecule has 0 spiro atoms. The Morgan fingerprint density at radius 2 is 1.88 bits per heavy atom. The zero-order valence-corrected chi connectivity index (χ0v) is 19.0. The van der Waals surface area contributed by atoms with E-state index in [-0.39, 0.29) is 30.8 Å². The molecule has 1 atom stereocenters. The van der Waals surface area contributed by atoms with Crippen LogP contribution in [0, 0.1) is 0 Å². The van der Waals surface area contributed by atoms with E-state index in [9.17, 15) is 9.59 Å². The van der Waals surface area contributed by atoms with Gasteiger partial charge in [0.1, 0.15) is 5.82 Å². The van der Waals surface area contributed by atoms with Gasteiger partial charge in [-0.25, -0.2) is 9.97 Å². The van der Waals surface area contributed by atoms with Gasteiger partial charge >= 0.3 is 0 Å². The molecule has 1 unspecified atom stereocenters. The summed E-state index contributed by atoms with van der Waals surface area (Å²) in [6.45, 7) is 1.97. The van der Waals surface area contributed by atoms with Crippen LogP contribution in [0.4, 0.5) is 17.2 Å². The Bertz CT molecular complexity index is 1370. The van der Waals surface area contributed by atoms with Crippen molar-refractivity contribution < 1.29 is 9.59 Å². The third kappa shape index (κ3) is 4.05. The summed E-state index contributed by atoms with van der Waals surface area (Å²) < 4.78 is 0. The minimum atomic E-state index is -0.280. The number of pyridine rings is 1. The number of amides is 2. The molecule has 1 aliphatic rings. The lowest BCUT2D eigenvalue weighted by Gasteiger charge is -2.30. The molecular formula is C26H24N6O2. The van der Waals surface area contributed by atoms with Gasteiger partial charge in [-0.05, 0) is 43.3 Å². The SMILES string of the molecule is CC1CC(=O)Nc2ccccc2N1C(=O)CN(C)c1nc(-c2cccnc2)nc2ccccc12. The van der Waals surface area contributed by atoms with Crippen LogP contribution in [-0.2, 0) is 9.59 Å². The number of nitrogens with one attached hydrogen (secondary N) is 1. The number of carbonyl (C=O) groups is 2. The maximum atomic E-state index is 13.6. The minimum absolute atomic E-state index is 0.0837. The Hall–Kier alpha value is -4.33. The molecule has 3 heterocycles. The number of rotatable bonds is 4. The predicted molar refractivity (Wildman–Crippen MR) is 133 cm³/mol. The standard InChI is InChI=1S/C26H24N6O2/c1-17-14-23(33)28-21-11-5-6-12-22(21)32(17)24(34)16-31(2)26-19-9-3-4-10-20(19)29-25(30-26)18-8-7-13-27-15-18/h3-13,15,17H,14,16H2,1-2H3,(H,28,33). The molecule has 5 rings (SSSR count). The summed E-state index contributed by atoms with van der Waals surface area (Å²) in [5, 5.41) is 3.75. The second-order valence-corrected chi connectivity index (χ2v) is 8.37. The highest BCUT2D eigenvalue weighted by atomic mass is 16.2. The molecular weight excluding hydrogens is 428 g/mol. The molecule has 4 aromatic rings. The third-order valence-corrected chi connectivity index (χ3v) is 5.86. The number of para-hydroxylation sites is 3. The van der Waals surface area contributed by atoms with Crippen LogP contribution in [0.3, 0.4) is 0 Å². The number of likely N-dealkylation sites (N-methyl/N-ethyl adjacent to an activating group) is 1. The van der Waals surface area contributed by atoms with Gasteiger partial charge < -0.3 is 15.1 Å². The lowest BCUT2D eigenvalue weighted by molar-refractivity contribution is -0.118. The lowest BCUT2D eigenvalue weighted by atomic mass is 10.1. The van der Waals surface area contributed by atoms with Crippen molar-refractivity contribution in [2.45, 2.75) is 19.4 Å². The Labute approximate surface area is 197 Å². The Morgan fingerprint density at radius 3 is 2.71 bits per heavy atom. The zero-order chi connectivity index (χ0) is 23.7. The van der Waals surface area contributed by atoms with Crippen LogP contribution >= 0.6 is 0 Å². The molecule has 1 aliphatic heterocycles. The van der Waals surface area contributed by atoms with Crippen molar-refractivity contribution in [1.82, 2.24) is 15.0 Å². The van der Waals surface area contributed by atoms with Crippen LogP contribution in [0.15, 0.2) is 73.1 Å². The van der Waals surface area contributed by atoms with Crippen molar-refractivity contribution in [1.29, 1.82) is 0 Å². The average molecular weight is 453 g/mol. The Morgan fingerprint density at radius 1 is 1.09 bits per heavy atom. The van der Waals surface area contributed by atoms with Crippen molar-refractivity contribution in [2.24, 2.45) is 0 Å². The zero-order valence-electron chi connectivity index (χ0n) is 19.0. The van der Waals surface area contributed by atoms with Crippen LogP contribution in [0.1, 0.15) is 13.3 Å². The number of benzene rings is 2. The molecule has 0 saturated heterocycles. The summed E-state index contributed by atoms with van der Waals surface area (Å²) in [6.07, 6.45) is 3.65. The van der Waals surface area contributed by atoms with Crippen molar-refractivity contribution in [2.75, 3.05) is 28.7 Å². The monoisotopic (exact) mass is 452 g/mol. The van der Waals surface area contributed by atoms with Gasteiger partial charge in [-0.15, -0.1) is 0 Å². The topological polar surface area (TPSA) is 91.3 Å².